The van der Waals surface area contributed by atoms with E-state index in [2.05, 4.69) is 0 Å². The highest BCUT2D eigenvalue weighted by Crippen LogP contribution is 2.22. The van der Waals surface area contributed by atoms with Gasteiger partial charge in [0.2, 0.25) is 5.91 Å². The van der Waals surface area contributed by atoms with Crippen LogP contribution in [0.1, 0.15) is 17.5 Å². The summed E-state index contributed by atoms with van der Waals surface area (Å²) >= 11 is 0. The molecule has 0 saturated heterocycles. The van der Waals surface area contributed by atoms with Gasteiger partial charge in [-0.05, 0) is 17.6 Å². The third kappa shape index (κ3) is 3.93. The summed E-state index contributed by atoms with van der Waals surface area (Å²) in [5.41, 5.74) is 0.789. The topological polar surface area (TPSA) is 109 Å². The Labute approximate surface area is 154 Å². The minimum absolute atomic E-state index is 0.329. The van der Waals surface area contributed by atoms with Crippen molar-refractivity contribution in [3.8, 4) is 6.07 Å². The molecule has 136 valence electrons. The summed E-state index contributed by atoms with van der Waals surface area (Å²) < 4.78 is 0.926. The minimum atomic E-state index is -0.714. The van der Waals surface area contributed by atoms with Crippen molar-refractivity contribution in [2.75, 3.05) is 13.1 Å². The van der Waals surface area contributed by atoms with Gasteiger partial charge in [-0.3, -0.25) is 24.3 Å². The first-order valence-corrected chi connectivity index (χ1v) is 8.31. The monoisotopic (exact) mass is 364 g/mol. The number of aromatic nitrogens is 1. The Morgan fingerprint density at radius 2 is 2.04 bits per heavy atom. The maximum absolute atomic E-state index is 12.5. The molecule has 0 spiro atoms. The molecular formula is C19H16N4O4. The first kappa shape index (κ1) is 18.1. The summed E-state index contributed by atoms with van der Waals surface area (Å²) in [6, 6.07) is 12.4. The van der Waals surface area contributed by atoms with Crippen LogP contribution in [0.2, 0.25) is 0 Å². The van der Waals surface area contributed by atoms with Gasteiger partial charge >= 0.3 is 0 Å². The summed E-state index contributed by atoms with van der Waals surface area (Å²) in [5, 5.41) is 19.9. The number of carbonyl (C=O) groups excluding carboxylic acids is 1. The fourth-order valence-corrected chi connectivity index (χ4v) is 2.97. The zero-order chi connectivity index (χ0) is 19.4. The van der Waals surface area contributed by atoms with E-state index in [9.17, 15) is 19.7 Å². The van der Waals surface area contributed by atoms with E-state index in [1.165, 1.54) is 0 Å². The van der Waals surface area contributed by atoms with Crippen molar-refractivity contribution >= 4 is 17.2 Å². The molecule has 1 aromatic carbocycles. The number of carbonyl (C=O) groups is 1. The predicted octanol–water partition coefficient (Wildman–Crippen LogP) is 1.94. The number of hydrogen-bond acceptors (Lipinski definition) is 5. The van der Waals surface area contributed by atoms with Crippen molar-refractivity contribution in [1.29, 1.82) is 5.26 Å². The zero-order valence-electron chi connectivity index (χ0n) is 14.4. The average Bonchev–Trinajstić information content (AvgIpc) is 2.70. The molecule has 0 saturated carbocycles. The van der Waals surface area contributed by atoms with E-state index in [-0.39, 0.29) is 18.0 Å². The molecule has 0 radical (unpaired) electrons. The lowest BCUT2D eigenvalue weighted by atomic mass is 9.99. The molecule has 1 amide bonds. The van der Waals surface area contributed by atoms with E-state index in [1.54, 1.807) is 11.0 Å². The number of amides is 1. The van der Waals surface area contributed by atoms with Gasteiger partial charge in [0.05, 0.1) is 11.1 Å². The smallest absolute Gasteiger partial charge is 0.287 e. The van der Waals surface area contributed by atoms with Gasteiger partial charge in [-0.15, -0.1) is 0 Å². The second kappa shape index (κ2) is 7.66. The standard InChI is InChI=1S/C19H16N4O4/c20-11-16-10-17(23(26)27)12-22(19(16)25)13-18(24)21-8-6-15(7-9-21)14-4-2-1-3-5-14/h1-6,10,12H,7-9,13H2. The minimum Gasteiger partial charge on any atom is -0.337 e. The van der Waals surface area contributed by atoms with Gasteiger partial charge in [-0.2, -0.15) is 5.26 Å². The molecule has 3 rings (SSSR count). The third-order valence-electron chi connectivity index (χ3n) is 4.41. The lowest BCUT2D eigenvalue weighted by Crippen LogP contribution is -2.39. The second-order valence-corrected chi connectivity index (χ2v) is 6.10. The Morgan fingerprint density at radius 3 is 2.63 bits per heavy atom. The molecule has 1 aromatic heterocycles. The Hall–Kier alpha value is -3.73. The Bertz CT molecular complexity index is 1020. The predicted molar refractivity (Wildman–Crippen MR) is 97.7 cm³/mol. The van der Waals surface area contributed by atoms with E-state index in [1.807, 2.05) is 36.4 Å². The molecule has 0 atom stereocenters. The summed E-state index contributed by atoms with van der Waals surface area (Å²) in [6.07, 6.45) is 3.65. The highest BCUT2D eigenvalue weighted by Gasteiger charge is 2.21. The van der Waals surface area contributed by atoms with Crippen molar-refractivity contribution in [2.24, 2.45) is 0 Å². The highest BCUT2D eigenvalue weighted by atomic mass is 16.6. The molecule has 0 unspecified atom stereocenters. The molecule has 1 aliphatic rings. The number of nitrogens with zero attached hydrogens (tertiary/aromatic N) is 4. The van der Waals surface area contributed by atoms with Crippen LogP contribution < -0.4 is 5.56 Å². The maximum Gasteiger partial charge on any atom is 0.287 e. The van der Waals surface area contributed by atoms with Gasteiger partial charge in [0.15, 0.2) is 0 Å². The van der Waals surface area contributed by atoms with Crippen LogP contribution in [0.3, 0.4) is 0 Å². The van der Waals surface area contributed by atoms with Crippen LogP contribution in [0.25, 0.3) is 5.57 Å². The van der Waals surface area contributed by atoms with Gasteiger partial charge in [0.25, 0.3) is 11.2 Å². The SMILES string of the molecule is N#Cc1cc([N+](=O)[O-])cn(CC(=O)N2CC=C(c3ccccc3)CC2)c1=O. The van der Waals surface area contributed by atoms with E-state index >= 15 is 0 Å². The fraction of sp³-hybridized carbons (Fsp3) is 0.211. The molecule has 0 fully saturated rings. The molecule has 8 nitrogen and oxygen atoms in total. The van der Waals surface area contributed by atoms with Crippen molar-refractivity contribution in [3.63, 3.8) is 0 Å². The Morgan fingerprint density at radius 1 is 1.30 bits per heavy atom. The Kier molecular flexibility index (Phi) is 5.13. The molecule has 0 bridgehead atoms. The first-order valence-electron chi connectivity index (χ1n) is 8.31. The van der Waals surface area contributed by atoms with E-state index in [0.29, 0.717) is 19.5 Å². The second-order valence-electron chi connectivity index (χ2n) is 6.10. The van der Waals surface area contributed by atoms with E-state index in [0.717, 1.165) is 28.0 Å². The summed E-state index contributed by atoms with van der Waals surface area (Å²) in [5.74, 6) is -0.329. The lowest BCUT2D eigenvalue weighted by Gasteiger charge is -2.27. The molecule has 0 N–H and O–H groups in total. The largest absolute Gasteiger partial charge is 0.337 e. The first-order chi connectivity index (χ1) is 13.0. The summed E-state index contributed by atoms with van der Waals surface area (Å²) in [6.45, 7) is 0.551. The number of hydrogen-bond donors (Lipinski definition) is 0. The highest BCUT2D eigenvalue weighted by molar-refractivity contribution is 5.78. The molecule has 8 heteroatoms. The molecule has 2 heterocycles. The van der Waals surface area contributed by atoms with Crippen molar-refractivity contribution in [1.82, 2.24) is 9.47 Å². The van der Waals surface area contributed by atoms with Crippen LogP contribution in [0, 0.1) is 21.4 Å². The summed E-state index contributed by atoms with van der Waals surface area (Å²) in [7, 11) is 0. The molecule has 2 aromatic rings. The zero-order valence-corrected chi connectivity index (χ0v) is 14.4. The van der Waals surface area contributed by atoms with Gasteiger partial charge < -0.3 is 4.90 Å². The number of nitriles is 1. The number of rotatable bonds is 4. The van der Waals surface area contributed by atoms with Crippen LogP contribution in [0.4, 0.5) is 5.69 Å². The van der Waals surface area contributed by atoms with Gasteiger partial charge in [-0.25, -0.2) is 0 Å². The lowest BCUT2D eigenvalue weighted by molar-refractivity contribution is -0.385. The van der Waals surface area contributed by atoms with Crippen molar-refractivity contribution < 1.29 is 9.72 Å². The van der Waals surface area contributed by atoms with Crippen LogP contribution in [-0.2, 0) is 11.3 Å². The average molecular weight is 364 g/mol. The van der Waals surface area contributed by atoms with Crippen LogP contribution in [0.5, 0.6) is 0 Å². The number of benzene rings is 1. The summed E-state index contributed by atoms with van der Waals surface area (Å²) in [4.78, 5) is 36.6. The number of pyridine rings is 1. The van der Waals surface area contributed by atoms with Gasteiger partial charge in [-0.1, -0.05) is 36.4 Å². The van der Waals surface area contributed by atoms with Crippen LogP contribution >= 0.6 is 0 Å². The molecule has 27 heavy (non-hydrogen) atoms. The molecular weight excluding hydrogens is 348 g/mol. The van der Waals surface area contributed by atoms with E-state index < -0.39 is 16.2 Å². The fourth-order valence-electron chi connectivity index (χ4n) is 2.97. The van der Waals surface area contributed by atoms with E-state index in [4.69, 9.17) is 5.26 Å². The normalized spacial score (nSPS) is 13.6. The maximum atomic E-state index is 12.5. The quantitative estimate of drug-likeness (QED) is 0.608. The molecule has 0 aliphatic carbocycles. The van der Waals surface area contributed by atoms with Crippen molar-refractivity contribution in [3.05, 3.63) is 80.3 Å². The van der Waals surface area contributed by atoms with Gasteiger partial charge in [0, 0.05) is 19.2 Å². The van der Waals surface area contributed by atoms with Gasteiger partial charge in [0.1, 0.15) is 18.2 Å². The molecule has 1 aliphatic heterocycles. The Balaban J connectivity index is 1.76. The van der Waals surface area contributed by atoms with Crippen molar-refractivity contribution in [2.45, 2.75) is 13.0 Å². The third-order valence-corrected chi connectivity index (χ3v) is 4.41. The van der Waals surface area contributed by atoms with Crippen LogP contribution in [-0.4, -0.2) is 33.4 Å². The van der Waals surface area contributed by atoms with Crippen LogP contribution in [0.15, 0.2) is 53.5 Å². The number of nitro groups is 1.